The van der Waals surface area contributed by atoms with E-state index in [0.29, 0.717) is 12.8 Å². The van der Waals surface area contributed by atoms with Crippen molar-refractivity contribution in [3.8, 4) is 201 Å². The van der Waals surface area contributed by atoms with Gasteiger partial charge in [-0.15, -0.1) is 0 Å². The number of ether oxygens (including phenoxy) is 2. The number of carbonyl (C=O) groups excluding carboxylic acids is 4. The molecule has 6 N–H and O–H groups in total. The maximum atomic E-state index is 13.9. The first-order valence-corrected chi connectivity index (χ1v) is 42.0. The molecule has 0 aromatic heterocycles. The van der Waals surface area contributed by atoms with Gasteiger partial charge in [0.05, 0.1) is 12.1 Å². The van der Waals surface area contributed by atoms with Crippen LogP contribution in [-0.2, 0) is 58.1 Å². The Balaban J connectivity index is -0.000000411. The fourth-order valence-electron chi connectivity index (χ4n) is 9.25. The zero-order valence-corrected chi connectivity index (χ0v) is 73.2. The molecular weight excluding hydrogens is 1470 g/mol. The quantitative estimate of drug-likeness (QED) is 0.00974. The molecule has 1 amide bonds. The van der Waals surface area contributed by atoms with Crippen LogP contribution in [0.4, 0.5) is 0 Å². The smallest absolute Gasteiger partial charge is 0.870 e. The molecule has 0 saturated carbocycles. The van der Waals surface area contributed by atoms with Gasteiger partial charge in [-0.1, -0.05) is 253 Å². The first kappa shape index (κ1) is 117. The molecule has 600 valence electrons. The predicted octanol–water partition coefficient (Wildman–Crippen LogP) is 10.8. The molecule has 0 saturated heterocycles. The third-order valence-corrected chi connectivity index (χ3v) is 17.0. The van der Waals surface area contributed by atoms with Crippen molar-refractivity contribution in [3.05, 3.63) is 0 Å². The van der Waals surface area contributed by atoms with Gasteiger partial charge in [0.1, 0.15) is 18.5 Å². The Morgan fingerprint density at radius 3 is 1.02 bits per heavy atom. The number of hydrogen-bond donors (Lipinski definition) is 3. The van der Waals surface area contributed by atoms with Crippen LogP contribution in [0.5, 0.6) is 0 Å². The van der Waals surface area contributed by atoms with Gasteiger partial charge in [-0.05, 0) is 233 Å². The van der Waals surface area contributed by atoms with Crippen LogP contribution < -0.4 is 45.5 Å². The number of rotatable bonds is 53. The molecule has 0 aliphatic heterocycles. The van der Waals surface area contributed by atoms with Crippen LogP contribution in [0.3, 0.4) is 0 Å². The van der Waals surface area contributed by atoms with Gasteiger partial charge in [0, 0.05) is 55.6 Å². The Bertz CT molecular complexity index is 3750. The number of ketones is 1. The first-order valence-electron chi connectivity index (χ1n) is 38.4. The molecule has 15 nitrogen and oxygen atoms in total. The Kier molecular flexibility index (Phi) is 107. The summed E-state index contributed by atoms with van der Waals surface area (Å²) in [5.41, 5.74) is 0. The second kappa shape index (κ2) is 102. The van der Waals surface area contributed by atoms with Crippen molar-refractivity contribution >= 4 is 61.8 Å². The number of nitrogens with one attached hydrogen (secondary N) is 3. The average Bonchev–Trinajstić information content (AvgIpc) is 0.897. The van der Waals surface area contributed by atoms with E-state index in [2.05, 4.69) is 238 Å². The zero-order valence-electron chi connectivity index (χ0n) is 68.8. The van der Waals surface area contributed by atoms with Crippen molar-refractivity contribution < 1.29 is 86.0 Å². The topological polar surface area (TPSA) is 253 Å². The number of amides is 1. The summed E-state index contributed by atoms with van der Waals surface area (Å²) in [6.45, 7) is 17.0. The molecule has 0 aliphatic carbocycles. The second-order valence-corrected chi connectivity index (χ2v) is 27.0. The molecule has 0 heterocycles. The largest absolute Gasteiger partial charge is 1.00 e. The summed E-state index contributed by atoms with van der Waals surface area (Å²) >= 11 is 1.36. The minimum absolute atomic E-state index is 0. The van der Waals surface area contributed by atoms with E-state index in [9.17, 15) is 36.0 Å². The van der Waals surface area contributed by atoms with Gasteiger partial charge in [-0.3, -0.25) is 24.5 Å². The van der Waals surface area contributed by atoms with E-state index in [1.165, 1.54) is 140 Å². The molecule has 0 radical (unpaired) electrons. The van der Waals surface area contributed by atoms with Gasteiger partial charge in [-0.25, -0.2) is 0 Å². The van der Waals surface area contributed by atoms with E-state index in [-0.39, 0.29) is 115 Å². The number of Topliss-reactive ketones (excluding diaryl/α,β-unsaturated/α-hetero) is 1. The predicted molar refractivity (Wildman–Crippen MR) is 458 cm³/mol. The van der Waals surface area contributed by atoms with Crippen LogP contribution in [0, 0.1) is 207 Å². The molecule has 3 atom stereocenters. The summed E-state index contributed by atoms with van der Waals surface area (Å²) in [5.74, 6) is 85.2. The summed E-state index contributed by atoms with van der Waals surface area (Å²) in [6.07, 6.45) is 35.3. The molecule has 0 aromatic carbocycles. The van der Waals surface area contributed by atoms with Gasteiger partial charge in [0.15, 0.2) is 0 Å². The van der Waals surface area contributed by atoms with Crippen LogP contribution >= 0.6 is 11.8 Å². The fraction of sp³-hybridized carbons (Fsp3) is 0.581. The van der Waals surface area contributed by atoms with E-state index in [1.807, 2.05) is 0 Å². The monoisotopic (exact) mass is 1590 g/mol. The third kappa shape index (κ3) is 103. The van der Waals surface area contributed by atoms with E-state index in [0.717, 1.165) is 76.0 Å². The maximum absolute atomic E-state index is 13.9. The first-order chi connectivity index (χ1) is 53.3. The number of carbonyl (C=O) groups is 4. The number of unbranched alkanes of at least 4 members (excludes halogenated alkanes) is 28. The van der Waals surface area contributed by atoms with E-state index in [4.69, 9.17) is 9.47 Å². The van der Waals surface area contributed by atoms with Gasteiger partial charge >= 0.3 is 41.5 Å². The fourth-order valence-corrected chi connectivity index (χ4v) is 10.9. The summed E-state index contributed by atoms with van der Waals surface area (Å²) in [4.78, 5) is 53.3. The molecule has 19 heteroatoms. The minimum atomic E-state index is -2.43. The molecular formula is C93H121N3NaO12S3-. The van der Waals surface area contributed by atoms with Crippen molar-refractivity contribution in [2.45, 2.75) is 299 Å². The molecule has 3 unspecified atom stereocenters. The second-order valence-electron chi connectivity index (χ2n) is 24.0. The summed E-state index contributed by atoms with van der Waals surface area (Å²) in [5, 5.41) is 9.84. The third-order valence-electron chi connectivity index (χ3n) is 14.7. The van der Waals surface area contributed by atoms with Crippen molar-refractivity contribution in [3.63, 3.8) is 0 Å². The van der Waals surface area contributed by atoms with Gasteiger partial charge in [0.2, 0.25) is 16.2 Å². The molecule has 0 rings (SSSR count). The molecule has 0 spiro atoms. The molecule has 0 bridgehead atoms. The van der Waals surface area contributed by atoms with Crippen molar-refractivity contribution in [1.29, 1.82) is 0 Å². The Morgan fingerprint density at radius 1 is 0.420 bits per heavy atom. The van der Waals surface area contributed by atoms with Crippen LogP contribution in [0.1, 0.15) is 287 Å². The SMILES string of the molecule is CC#CC#CC#CC#CC#CC.CC#CC#CC#CC#CC#CC.CC#CC#CC#CC#CC#CC#CC#CC.CCCCCCCCCCCCCCCC(=O)CC(CSCC(COC(=O)CCCCCCCCCCC)OC(=O)CCCCCCCCCCC)C(=O)NC(CNCC[S-](=O)=O)NCC=S(=O)=O.O.[Na+].[OH-]. The van der Waals surface area contributed by atoms with Gasteiger partial charge in [-0.2, -0.15) is 20.2 Å². The van der Waals surface area contributed by atoms with Crippen LogP contribution in [0.25, 0.3) is 0 Å². The Morgan fingerprint density at radius 2 is 0.714 bits per heavy atom. The van der Waals surface area contributed by atoms with Crippen molar-refractivity contribution in [2.24, 2.45) is 5.92 Å². The van der Waals surface area contributed by atoms with Crippen molar-refractivity contribution in [2.75, 3.05) is 43.5 Å². The maximum Gasteiger partial charge on any atom is 1.00 e. The van der Waals surface area contributed by atoms with Crippen molar-refractivity contribution in [1.82, 2.24) is 16.0 Å². The molecule has 0 aliphatic rings. The number of hydrogen-bond acceptors (Lipinski definition) is 15. The Hall–Kier alpha value is -8.57. The van der Waals surface area contributed by atoms with E-state index >= 15 is 0 Å². The summed E-state index contributed by atoms with van der Waals surface area (Å²) in [6, 6.07) is 0. The molecule has 112 heavy (non-hydrogen) atoms. The van der Waals surface area contributed by atoms with Gasteiger partial charge < -0.3 is 39.5 Å². The van der Waals surface area contributed by atoms with E-state index < -0.39 is 45.1 Å². The summed E-state index contributed by atoms with van der Waals surface area (Å²) in [7, 11) is -4.69. The molecule has 0 aromatic rings. The minimum Gasteiger partial charge on any atom is -0.870 e. The zero-order chi connectivity index (χ0) is 80.9. The summed E-state index contributed by atoms with van der Waals surface area (Å²) < 4.78 is 56.1. The Labute approximate surface area is 708 Å². The van der Waals surface area contributed by atoms with Gasteiger partial charge in [0.25, 0.3) is 0 Å². The normalized spacial score (nSPS) is 9.20. The average molecular weight is 1590 g/mol. The number of esters is 2. The molecule has 0 fully saturated rings. The van der Waals surface area contributed by atoms with Crippen LogP contribution in [0.2, 0.25) is 0 Å². The standard InChI is InChI=1S/C53H100N3O10S3.C16H6.2C12H6.Na.2H2O/c1-4-7-10-13-16-19-20-21-22-25-26-29-32-35-48(57)42-47(53(60)56-50(55-39-41-69(63)64)43-54-38-40-68(61)62)45-67-46-49(66-52(59)37-34-31-28-24-18-15-12-9-6-3)44-65-51(58)36-33-30-27-23-17-14-11-8-5-2;1-3-5-7-9-11-13-15-16-14-12-10-8-6-4-2;2*1-3-5-7-9-11-12-10-8-6-4-2;;;/h41,47,49-50,54-55H,4-40,42-46H2,1-3H3,(H,56,60);1-2H3;2*1-2H3;;2*1H2/q-1;;;;+1;;/p-1. The number of thioether (sulfide) groups is 1. The van der Waals surface area contributed by atoms with Crippen LogP contribution in [0.15, 0.2) is 0 Å². The van der Waals surface area contributed by atoms with E-state index in [1.54, 1.807) is 41.5 Å². The van der Waals surface area contributed by atoms with Crippen LogP contribution in [-0.4, -0.2) is 104 Å².